The molecule has 0 radical (unpaired) electrons. The average Bonchev–Trinajstić information content (AvgIpc) is 2.31. The second-order valence-electron chi connectivity index (χ2n) is 3.94. The van der Waals surface area contributed by atoms with Gasteiger partial charge in [0.25, 0.3) is 0 Å². The minimum atomic E-state index is -1.78. The van der Waals surface area contributed by atoms with Crippen molar-refractivity contribution in [2.45, 2.75) is 25.9 Å². The molecule has 8 heteroatoms. The molecule has 0 spiro atoms. The van der Waals surface area contributed by atoms with Gasteiger partial charge in [-0.2, -0.15) is 5.26 Å². The average molecular weight is 294 g/mol. The summed E-state index contributed by atoms with van der Waals surface area (Å²) in [4.78, 5) is 0. The lowest BCUT2D eigenvalue weighted by Crippen LogP contribution is -2.36. The Balaban J connectivity index is 3.12. The van der Waals surface area contributed by atoms with Crippen LogP contribution in [-0.2, 0) is 17.7 Å². The van der Waals surface area contributed by atoms with Gasteiger partial charge in [-0.15, -0.1) is 0 Å². The molecule has 0 aliphatic heterocycles. The largest absolute Gasteiger partial charge is 0.445 e. The third kappa shape index (κ3) is 12.2. The van der Waals surface area contributed by atoms with Gasteiger partial charge in [-0.05, 0) is 19.5 Å². The molecule has 0 rings (SSSR count). The Morgan fingerprint density at radius 3 is 2.59 bits per heavy atom. The third-order valence-corrected chi connectivity index (χ3v) is 10.1. The first kappa shape index (κ1) is 17.0. The lowest BCUT2D eigenvalue weighted by atomic mass is 10.5. The molecule has 0 aliphatic rings. The molecule has 0 fully saturated rings. The van der Waals surface area contributed by atoms with Gasteiger partial charge in [0, 0.05) is 13.2 Å². The maximum atomic E-state index is 8.28. The molecule has 0 amide bonds. The molecule has 17 heavy (non-hydrogen) atoms. The second-order valence-corrected chi connectivity index (χ2v) is 10.3. The minimum absolute atomic E-state index is 0.460. The Bertz CT molecular complexity index is 223. The molecule has 0 unspecified atom stereocenters. The molecule has 0 heterocycles. The highest BCUT2D eigenvalue weighted by Gasteiger charge is 2.20. The predicted octanol–water partition coefficient (Wildman–Crippen LogP) is -0.620. The summed E-state index contributed by atoms with van der Waals surface area (Å²) in [6, 6.07) is 2.03. The van der Waals surface area contributed by atoms with Crippen LogP contribution >= 0.6 is 0 Å². The van der Waals surface area contributed by atoms with Crippen molar-refractivity contribution < 1.29 is 17.7 Å². The van der Waals surface area contributed by atoms with Crippen molar-refractivity contribution in [2.75, 3.05) is 26.1 Å². The van der Waals surface area contributed by atoms with Gasteiger partial charge in [-0.3, -0.25) is 0 Å². The quantitative estimate of drug-likeness (QED) is 0.375. The van der Waals surface area contributed by atoms with Crippen molar-refractivity contribution in [3.05, 3.63) is 0 Å². The molecule has 0 saturated heterocycles. The van der Waals surface area contributed by atoms with Gasteiger partial charge in [-0.1, -0.05) is 0 Å². The summed E-state index contributed by atoms with van der Waals surface area (Å²) in [5, 5.41) is 8.28. The molecule has 0 aromatic heterocycles. The second kappa shape index (κ2) is 11.1. The fourth-order valence-electron chi connectivity index (χ4n) is 0.990. The molecule has 0 aromatic rings. The minimum Gasteiger partial charge on any atom is -0.445 e. The van der Waals surface area contributed by atoms with E-state index in [1.54, 1.807) is 0 Å². The van der Waals surface area contributed by atoms with Crippen molar-refractivity contribution in [3.8, 4) is 6.07 Å². The summed E-state index contributed by atoms with van der Waals surface area (Å²) in [5.74, 6) is 0. The van der Waals surface area contributed by atoms with Crippen LogP contribution < -0.4 is 0 Å². The zero-order valence-electron chi connectivity index (χ0n) is 11.0. The van der Waals surface area contributed by atoms with Crippen LogP contribution in [0.1, 0.15) is 12.8 Å². The number of ether oxygens (including phenoxy) is 2. The van der Waals surface area contributed by atoms with Gasteiger partial charge in [0.1, 0.15) is 10.5 Å². The monoisotopic (exact) mass is 293 g/mol. The Morgan fingerprint density at radius 2 is 1.94 bits per heavy atom. The van der Waals surface area contributed by atoms with E-state index in [1.165, 1.54) is 0 Å². The first-order valence-corrected chi connectivity index (χ1v) is 11.0. The van der Waals surface area contributed by atoms with Crippen LogP contribution in [0.4, 0.5) is 0 Å². The van der Waals surface area contributed by atoms with Crippen molar-refractivity contribution in [1.29, 1.82) is 5.26 Å². The van der Waals surface area contributed by atoms with E-state index in [4.69, 9.17) is 23.0 Å². The standard InChI is InChI=1S/C9H23NO4Si3/c1-17(2,13-15)14-16-9-12-8-4-7-11-6-3-5-10/h3-4,6-9,16H2,1-2,15H3. The molecular weight excluding hydrogens is 270 g/mol. The van der Waals surface area contributed by atoms with E-state index in [1.807, 2.05) is 6.07 Å². The summed E-state index contributed by atoms with van der Waals surface area (Å²) >= 11 is 0. The number of rotatable bonds is 11. The Labute approximate surface area is 110 Å². The van der Waals surface area contributed by atoms with Crippen molar-refractivity contribution >= 4 is 28.8 Å². The summed E-state index contributed by atoms with van der Waals surface area (Å²) in [6.07, 6.45) is 2.07. The zero-order chi connectivity index (χ0) is 13.0. The third-order valence-electron chi connectivity index (χ3n) is 2.10. The first-order valence-electron chi connectivity index (χ1n) is 5.84. The normalized spacial score (nSPS) is 12.3. The van der Waals surface area contributed by atoms with Crippen molar-refractivity contribution in [1.82, 2.24) is 0 Å². The summed E-state index contributed by atoms with van der Waals surface area (Å²) < 4.78 is 21.8. The van der Waals surface area contributed by atoms with Gasteiger partial charge in [0.05, 0.1) is 25.3 Å². The van der Waals surface area contributed by atoms with Crippen LogP contribution in [0.3, 0.4) is 0 Å². The topological polar surface area (TPSA) is 60.7 Å². The molecule has 0 aromatic carbocycles. The van der Waals surface area contributed by atoms with E-state index in [-0.39, 0.29) is 0 Å². The number of nitrogens with zero attached hydrogens (tertiary/aromatic N) is 1. The van der Waals surface area contributed by atoms with Gasteiger partial charge < -0.3 is 17.7 Å². The molecule has 0 bridgehead atoms. The van der Waals surface area contributed by atoms with Crippen molar-refractivity contribution in [3.63, 3.8) is 0 Å². The SMILES string of the molecule is C[Si](C)(O[SiH3])O[SiH2]COCCCOCCC#N. The van der Waals surface area contributed by atoms with E-state index >= 15 is 0 Å². The van der Waals surface area contributed by atoms with Crippen LogP contribution in [0.25, 0.3) is 0 Å². The fourth-order valence-corrected chi connectivity index (χ4v) is 5.14. The van der Waals surface area contributed by atoms with Crippen LogP contribution in [0.2, 0.25) is 13.1 Å². The molecule has 5 nitrogen and oxygen atoms in total. The van der Waals surface area contributed by atoms with Gasteiger partial charge in [0.15, 0.2) is 9.76 Å². The zero-order valence-corrected chi connectivity index (χ0v) is 15.4. The van der Waals surface area contributed by atoms with Crippen LogP contribution in [0.15, 0.2) is 0 Å². The highest BCUT2D eigenvalue weighted by molar-refractivity contribution is 6.71. The van der Waals surface area contributed by atoms with Gasteiger partial charge in [0.2, 0.25) is 0 Å². The smallest absolute Gasteiger partial charge is 0.310 e. The molecule has 0 N–H and O–H groups in total. The van der Waals surface area contributed by atoms with E-state index in [0.717, 1.165) is 23.1 Å². The molecule has 0 aliphatic carbocycles. The molecule has 0 atom stereocenters. The summed E-state index contributed by atoms with van der Waals surface area (Å²) in [5.41, 5.74) is 0. The number of hydrogen-bond donors (Lipinski definition) is 0. The highest BCUT2D eigenvalue weighted by Crippen LogP contribution is 2.01. The maximum absolute atomic E-state index is 8.28. The lowest BCUT2D eigenvalue weighted by Gasteiger charge is -2.21. The lowest BCUT2D eigenvalue weighted by molar-refractivity contribution is 0.0989. The van der Waals surface area contributed by atoms with Crippen LogP contribution in [0.5, 0.6) is 0 Å². The Hall–Kier alpha value is -0.0194. The number of nitriles is 1. The van der Waals surface area contributed by atoms with E-state index in [9.17, 15) is 0 Å². The summed E-state index contributed by atoms with van der Waals surface area (Å²) in [7, 11) is -1.63. The van der Waals surface area contributed by atoms with Gasteiger partial charge in [-0.25, -0.2) is 0 Å². The maximum Gasteiger partial charge on any atom is 0.310 e. The Kier molecular flexibility index (Phi) is 11.1. The van der Waals surface area contributed by atoms with E-state index in [2.05, 4.69) is 13.1 Å². The van der Waals surface area contributed by atoms with Crippen molar-refractivity contribution in [2.24, 2.45) is 0 Å². The predicted molar refractivity (Wildman–Crippen MR) is 74.6 cm³/mol. The molecule has 100 valence electrons. The van der Waals surface area contributed by atoms with Gasteiger partial charge >= 0.3 is 8.56 Å². The Morgan fingerprint density at radius 1 is 1.24 bits per heavy atom. The number of hydrogen-bond acceptors (Lipinski definition) is 5. The summed E-state index contributed by atoms with van der Waals surface area (Å²) in [6.45, 7) is 6.01. The van der Waals surface area contributed by atoms with Crippen LogP contribution in [-0.4, -0.2) is 54.9 Å². The van der Waals surface area contributed by atoms with E-state index < -0.39 is 18.3 Å². The fraction of sp³-hybridized carbons (Fsp3) is 0.889. The highest BCUT2D eigenvalue weighted by atomic mass is 28.4. The molecular formula is C9H23NO4Si3. The van der Waals surface area contributed by atoms with Crippen LogP contribution in [0, 0.1) is 11.3 Å². The molecule has 0 saturated carbocycles. The first-order chi connectivity index (χ1) is 8.12. The van der Waals surface area contributed by atoms with E-state index in [0.29, 0.717) is 26.2 Å².